The second-order valence-corrected chi connectivity index (χ2v) is 8.24. The monoisotopic (exact) mass is 468 g/mol. The molecule has 0 aliphatic carbocycles. The summed E-state index contributed by atoms with van der Waals surface area (Å²) in [5.41, 5.74) is 0.655. The minimum atomic E-state index is -0.678. The smallest absolute Gasteiger partial charge is 0.333 e. The van der Waals surface area contributed by atoms with Gasteiger partial charge in [0, 0.05) is 29.9 Å². The fourth-order valence-electron chi connectivity index (χ4n) is 2.98. The van der Waals surface area contributed by atoms with Crippen molar-refractivity contribution in [1.29, 1.82) is 0 Å². The summed E-state index contributed by atoms with van der Waals surface area (Å²) < 4.78 is 26.5. The van der Waals surface area contributed by atoms with Crippen molar-refractivity contribution in [2.75, 3.05) is 26.4 Å². The summed E-state index contributed by atoms with van der Waals surface area (Å²) in [6.45, 7) is 13.0. The summed E-state index contributed by atoms with van der Waals surface area (Å²) in [6.07, 6.45) is 1.09. The third kappa shape index (κ3) is 11.7. The van der Waals surface area contributed by atoms with Crippen molar-refractivity contribution in [3.63, 3.8) is 0 Å². The molecule has 3 atom stereocenters. The summed E-state index contributed by atoms with van der Waals surface area (Å²) in [5, 5.41) is 0. The van der Waals surface area contributed by atoms with Crippen LogP contribution in [0.15, 0.2) is 24.3 Å². The van der Waals surface area contributed by atoms with Crippen LogP contribution in [0.3, 0.4) is 0 Å². The first-order valence-corrected chi connectivity index (χ1v) is 11.2. The van der Waals surface area contributed by atoms with Crippen LogP contribution in [-0.2, 0) is 42.9 Å². The number of carbonyl (C=O) groups is 4. The molecule has 9 nitrogen and oxygen atoms in total. The highest BCUT2D eigenvalue weighted by molar-refractivity contribution is 5.87. The molecule has 0 aromatic carbocycles. The van der Waals surface area contributed by atoms with E-state index in [-0.39, 0.29) is 38.6 Å². The lowest BCUT2D eigenvalue weighted by Crippen LogP contribution is -2.47. The molecule has 0 aromatic heterocycles. The normalized spacial score (nSPS) is 19.8. The molecular weight excluding hydrogens is 432 g/mol. The van der Waals surface area contributed by atoms with Crippen molar-refractivity contribution in [2.45, 2.75) is 71.5 Å². The third-order valence-corrected chi connectivity index (χ3v) is 4.85. The lowest BCUT2D eigenvalue weighted by molar-refractivity contribution is -0.190. The molecule has 186 valence electrons. The molecule has 0 radical (unpaired) electrons. The van der Waals surface area contributed by atoms with Gasteiger partial charge < -0.3 is 23.7 Å². The highest BCUT2D eigenvalue weighted by Gasteiger charge is 2.37. The zero-order chi connectivity index (χ0) is 24.8. The topological polar surface area (TPSA) is 114 Å². The van der Waals surface area contributed by atoms with E-state index in [1.165, 1.54) is 0 Å². The van der Waals surface area contributed by atoms with E-state index in [9.17, 15) is 19.2 Å². The Hall–Kier alpha value is -2.68. The number of ether oxygens (including phenoxy) is 5. The SMILES string of the molecule is C=C(C)C(=O)OCCCCC(=O)OC1[C@@H](C)COC[C@H]1OC(=O)CCCCOC(=O)C(=C)C. The first-order valence-electron chi connectivity index (χ1n) is 11.2. The summed E-state index contributed by atoms with van der Waals surface area (Å²) in [6, 6.07) is 0. The molecule has 0 aromatic rings. The molecule has 1 aliphatic heterocycles. The van der Waals surface area contributed by atoms with Crippen LogP contribution in [0, 0.1) is 5.92 Å². The van der Waals surface area contributed by atoms with Crippen molar-refractivity contribution in [1.82, 2.24) is 0 Å². The van der Waals surface area contributed by atoms with E-state index < -0.39 is 36.1 Å². The number of hydrogen-bond donors (Lipinski definition) is 0. The maximum atomic E-state index is 12.3. The lowest BCUT2D eigenvalue weighted by atomic mass is 9.98. The van der Waals surface area contributed by atoms with Crippen molar-refractivity contribution in [3.05, 3.63) is 24.3 Å². The van der Waals surface area contributed by atoms with E-state index in [2.05, 4.69) is 13.2 Å². The molecule has 1 saturated heterocycles. The molecule has 0 saturated carbocycles. The first kappa shape index (κ1) is 28.4. The van der Waals surface area contributed by atoms with Gasteiger partial charge in [-0.25, -0.2) is 9.59 Å². The zero-order valence-electron chi connectivity index (χ0n) is 19.9. The molecule has 9 heteroatoms. The molecule has 33 heavy (non-hydrogen) atoms. The van der Waals surface area contributed by atoms with Crippen LogP contribution >= 0.6 is 0 Å². The minimum absolute atomic E-state index is 0.126. The van der Waals surface area contributed by atoms with Gasteiger partial charge in [-0.1, -0.05) is 20.1 Å². The standard InChI is InChI=1S/C24H36O9/c1-16(2)23(27)30-12-8-6-10-20(25)32-19-15-29-14-18(5)22(19)33-21(26)11-7-9-13-31-24(28)17(3)4/h18-19,22H,1,3,6-15H2,2,4-5H3/t18-,19+,22?/m0/s1. The molecule has 1 heterocycles. The molecule has 1 fully saturated rings. The van der Waals surface area contributed by atoms with Crippen molar-refractivity contribution >= 4 is 23.9 Å². The number of esters is 4. The van der Waals surface area contributed by atoms with Crippen LogP contribution in [0.25, 0.3) is 0 Å². The first-order chi connectivity index (χ1) is 15.6. The van der Waals surface area contributed by atoms with Crippen molar-refractivity contribution in [3.8, 4) is 0 Å². The molecule has 0 N–H and O–H groups in total. The van der Waals surface area contributed by atoms with Gasteiger partial charge in [-0.2, -0.15) is 0 Å². The Morgan fingerprint density at radius 3 is 1.76 bits per heavy atom. The highest BCUT2D eigenvalue weighted by atomic mass is 16.6. The third-order valence-electron chi connectivity index (χ3n) is 4.85. The van der Waals surface area contributed by atoms with Gasteiger partial charge in [0.1, 0.15) is 6.10 Å². The molecule has 1 rings (SSSR count). The molecule has 0 amide bonds. The number of hydrogen-bond acceptors (Lipinski definition) is 9. The quantitative estimate of drug-likeness (QED) is 0.164. The van der Waals surface area contributed by atoms with Crippen LogP contribution in [0.2, 0.25) is 0 Å². The maximum absolute atomic E-state index is 12.3. The minimum Gasteiger partial charge on any atom is -0.462 e. The van der Waals surface area contributed by atoms with Gasteiger partial charge in [0.15, 0.2) is 6.10 Å². The van der Waals surface area contributed by atoms with Gasteiger partial charge in [-0.05, 0) is 39.5 Å². The molecule has 1 unspecified atom stereocenters. The lowest BCUT2D eigenvalue weighted by Gasteiger charge is -2.35. The van der Waals surface area contributed by atoms with Crippen LogP contribution in [0.5, 0.6) is 0 Å². The summed E-state index contributed by atoms with van der Waals surface area (Å²) in [7, 11) is 0. The van der Waals surface area contributed by atoms with E-state index in [1.807, 2.05) is 6.92 Å². The summed E-state index contributed by atoms with van der Waals surface area (Å²) in [5.74, 6) is -1.86. The fraction of sp³-hybridized carbons (Fsp3) is 0.667. The average Bonchev–Trinajstić information content (AvgIpc) is 2.75. The van der Waals surface area contributed by atoms with Gasteiger partial charge in [-0.15, -0.1) is 0 Å². The van der Waals surface area contributed by atoms with Crippen LogP contribution in [-0.4, -0.2) is 62.5 Å². The largest absolute Gasteiger partial charge is 0.462 e. The predicted molar refractivity (Wildman–Crippen MR) is 119 cm³/mol. The van der Waals surface area contributed by atoms with E-state index in [1.54, 1.807) is 13.8 Å². The highest BCUT2D eigenvalue weighted by Crippen LogP contribution is 2.22. The van der Waals surface area contributed by atoms with Crippen LogP contribution < -0.4 is 0 Å². The van der Waals surface area contributed by atoms with Crippen LogP contribution in [0.4, 0.5) is 0 Å². The van der Waals surface area contributed by atoms with Gasteiger partial charge in [-0.3, -0.25) is 9.59 Å². The predicted octanol–water partition coefficient (Wildman–Crippen LogP) is 3.06. The Balaban J connectivity index is 2.35. The molecule has 1 aliphatic rings. The second kappa shape index (κ2) is 15.2. The Morgan fingerprint density at radius 1 is 0.788 bits per heavy atom. The second-order valence-electron chi connectivity index (χ2n) is 8.24. The summed E-state index contributed by atoms with van der Waals surface area (Å²) in [4.78, 5) is 47.1. The van der Waals surface area contributed by atoms with Crippen molar-refractivity contribution < 1.29 is 42.9 Å². The van der Waals surface area contributed by atoms with E-state index >= 15 is 0 Å². The van der Waals surface area contributed by atoms with Gasteiger partial charge >= 0.3 is 23.9 Å². The van der Waals surface area contributed by atoms with Gasteiger partial charge in [0.05, 0.1) is 26.4 Å². The molecular formula is C24H36O9. The number of unbranched alkanes of at least 4 members (excludes halogenated alkanes) is 2. The Kier molecular flexibility index (Phi) is 13.1. The fourth-order valence-corrected chi connectivity index (χ4v) is 2.98. The molecule has 0 spiro atoms. The number of carbonyl (C=O) groups excluding carboxylic acids is 4. The molecule has 0 bridgehead atoms. The Bertz CT molecular complexity index is 713. The number of rotatable bonds is 14. The average molecular weight is 469 g/mol. The zero-order valence-corrected chi connectivity index (χ0v) is 19.9. The van der Waals surface area contributed by atoms with E-state index in [0.717, 1.165) is 0 Å². The Morgan fingerprint density at radius 2 is 1.27 bits per heavy atom. The van der Waals surface area contributed by atoms with Crippen molar-refractivity contribution in [2.24, 2.45) is 5.92 Å². The van der Waals surface area contributed by atoms with E-state index in [4.69, 9.17) is 23.7 Å². The van der Waals surface area contributed by atoms with E-state index in [0.29, 0.717) is 43.4 Å². The maximum Gasteiger partial charge on any atom is 0.333 e. The van der Waals surface area contributed by atoms with Gasteiger partial charge in [0.2, 0.25) is 0 Å². The van der Waals surface area contributed by atoms with Gasteiger partial charge in [0.25, 0.3) is 0 Å². The Labute approximate surface area is 195 Å². The van der Waals surface area contributed by atoms with Crippen LogP contribution in [0.1, 0.15) is 59.3 Å². The summed E-state index contributed by atoms with van der Waals surface area (Å²) >= 11 is 0.